The van der Waals surface area contributed by atoms with Crippen molar-refractivity contribution < 1.29 is 4.79 Å². The third-order valence-electron chi connectivity index (χ3n) is 2.96. The van der Waals surface area contributed by atoms with Crippen LogP contribution in [0.2, 0.25) is 0 Å². The summed E-state index contributed by atoms with van der Waals surface area (Å²) in [7, 11) is 0. The quantitative estimate of drug-likeness (QED) is 0.682. The molecular formula is C15H11BrN4O2S2. The van der Waals surface area contributed by atoms with Gasteiger partial charge in [0, 0.05) is 21.6 Å². The van der Waals surface area contributed by atoms with Gasteiger partial charge in [0.1, 0.15) is 12.1 Å². The van der Waals surface area contributed by atoms with Gasteiger partial charge in [0.25, 0.3) is 5.56 Å². The lowest BCUT2D eigenvalue weighted by molar-refractivity contribution is -0.116. The smallest absolute Gasteiger partial charge is 0.251 e. The zero-order chi connectivity index (χ0) is 16.9. The summed E-state index contributed by atoms with van der Waals surface area (Å²) < 4.78 is 2.88. The number of hydrogen-bond donors (Lipinski definition) is 1. The third-order valence-corrected chi connectivity index (χ3v) is 5.28. The molecule has 0 unspecified atom stereocenters. The molecule has 0 bridgehead atoms. The van der Waals surface area contributed by atoms with Gasteiger partial charge < -0.3 is 9.88 Å². The van der Waals surface area contributed by atoms with Crippen LogP contribution >= 0.6 is 39.0 Å². The molecular weight excluding hydrogens is 412 g/mol. The Bertz CT molecular complexity index is 912. The summed E-state index contributed by atoms with van der Waals surface area (Å²) in [6.07, 6.45) is 1.59. The molecule has 0 aliphatic rings. The second kappa shape index (κ2) is 7.73. The van der Waals surface area contributed by atoms with Crippen molar-refractivity contribution >= 4 is 50.6 Å². The molecule has 1 N–H and O–H groups in total. The Morgan fingerprint density at radius 2 is 2.12 bits per heavy atom. The molecule has 2 aromatic heterocycles. The fraction of sp³-hybridized carbons (Fsp3) is 0.0667. The Labute approximate surface area is 154 Å². The monoisotopic (exact) mass is 422 g/mol. The number of pyridine rings is 1. The fourth-order valence-electron chi connectivity index (χ4n) is 1.93. The van der Waals surface area contributed by atoms with Gasteiger partial charge in [0.05, 0.1) is 5.69 Å². The summed E-state index contributed by atoms with van der Waals surface area (Å²) in [5, 5.41) is 10.6. The van der Waals surface area contributed by atoms with Crippen molar-refractivity contribution in [1.82, 2.24) is 14.8 Å². The first-order chi connectivity index (χ1) is 11.6. The van der Waals surface area contributed by atoms with Crippen molar-refractivity contribution in [2.75, 3.05) is 5.32 Å². The Morgan fingerprint density at radius 1 is 1.29 bits per heavy atom. The lowest BCUT2D eigenvalue weighted by Gasteiger charge is -2.10. The van der Waals surface area contributed by atoms with Gasteiger partial charge in [-0.05, 0) is 34.1 Å². The topological polar surface area (TPSA) is 76.9 Å². The number of carbonyl (C=O) groups is 1. The summed E-state index contributed by atoms with van der Waals surface area (Å²) in [6, 6.07) is 10.5. The van der Waals surface area contributed by atoms with Gasteiger partial charge in [-0.15, -0.1) is 10.2 Å². The Morgan fingerprint density at radius 3 is 2.92 bits per heavy atom. The van der Waals surface area contributed by atoms with E-state index in [9.17, 15) is 9.59 Å². The Kier molecular flexibility index (Phi) is 5.44. The van der Waals surface area contributed by atoms with Gasteiger partial charge in [-0.25, -0.2) is 0 Å². The van der Waals surface area contributed by atoms with Crippen LogP contribution in [0, 0.1) is 0 Å². The van der Waals surface area contributed by atoms with E-state index in [0.29, 0.717) is 5.69 Å². The Balaban J connectivity index is 1.75. The SMILES string of the molecule is O=C(Cn1cc(Br)ccc1=O)Nc1ccccc1Sc1nncs1. The van der Waals surface area contributed by atoms with Crippen LogP contribution in [0.4, 0.5) is 5.69 Å². The number of aromatic nitrogens is 3. The molecule has 3 rings (SSSR count). The van der Waals surface area contributed by atoms with Crippen LogP contribution in [0.25, 0.3) is 0 Å². The number of nitrogens with one attached hydrogen (secondary N) is 1. The highest BCUT2D eigenvalue weighted by atomic mass is 79.9. The normalized spacial score (nSPS) is 10.5. The van der Waals surface area contributed by atoms with Gasteiger partial charge in [0.15, 0.2) is 4.34 Å². The van der Waals surface area contributed by atoms with E-state index in [1.807, 2.05) is 24.3 Å². The summed E-state index contributed by atoms with van der Waals surface area (Å²) in [5.74, 6) is -0.277. The molecule has 9 heteroatoms. The number of halogens is 1. The number of hydrogen-bond acceptors (Lipinski definition) is 6. The average Bonchev–Trinajstić information content (AvgIpc) is 3.06. The van der Waals surface area contributed by atoms with Crippen molar-refractivity contribution in [3.05, 3.63) is 62.9 Å². The highest BCUT2D eigenvalue weighted by Crippen LogP contribution is 2.33. The molecule has 0 aliphatic carbocycles. The van der Waals surface area contributed by atoms with E-state index in [1.165, 1.54) is 33.7 Å². The standard InChI is InChI=1S/C15H11BrN4O2S2/c16-10-5-6-14(22)20(7-10)8-13(21)18-11-3-1-2-4-12(11)24-15-19-17-9-23-15/h1-7,9H,8H2,(H,18,21). The summed E-state index contributed by atoms with van der Waals surface area (Å²) in [4.78, 5) is 24.9. The number of rotatable bonds is 5. The van der Waals surface area contributed by atoms with Gasteiger partial charge in [0.2, 0.25) is 5.91 Å². The minimum absolute atomic E-state index is 0.0594. The summed E-state index contributed by atoms with van der Waals surface area (Å²) in [5.41, 5.74) is 2.10. The van der Waals surface area contributed by atoms with E-state index in [4.69, 9.17) is 0 Å². The van der Waals surface area contributed by atoms with Gasteiger partial charge in [-0.3, -0.25) is 9.59 Å². The first-order valence-corrected chi connectivity index (χ1v) is 9.29. The largest absolute Gasteiger partial charge is 0.323 e. The predicted octanol–water partition coefficient (Wildman–Crippen LogP) is 3.25. The van der Waals surface area contributed by atoms with E-state index < -0.39 is 0 Å². The molecule has 0 radical (unpaired) electrons. The summed E-state index contributed by atoms with van der Waals surface area (Å²) in [6.45, 7) is -0.0594. The first-order valence-electron chi connectivity index (χ1n) is 6.81. The zero-order valence-electron chi connectivity index (χ0n) is 12.2. The highest BCUT2D eigenvalue weighted by molar-refractivity contribution is 9.10. The molecule has 24 heavy (non-hydrogen) atoms. The molecule has 0 spiro atoms. The van der Waals surface area contributed by atoms with E-state index in [0.717, 1.165) is 13.7 Å². The fourth-order valence-corrected chi connectivity index (χ4v) is 3.83. The molecule has 2 heterocycles. The third kappa shape index (κ3) is 4.31. The Hall–Kier alpha value is -1.97. The maximum absolute atomic E-state index is 12.3. The number of benzene rings is 1. The predicted molar refractivity (Wildman–Crippen MR) is 97.5 cm³/mol. The van der Waals surface area contributed by atoms with Gasteiger partial charge in [-0.2, -0.15) is 0 Å². The van der Waals surface area contributed by atoms with Crippen LogP contribution in [-0.4, -0.2) is 20.7 Å². The molecule has 6 nitrogen and oxygen atoms in total. The van der Waals surface area contributed by atoms with Crippen LogP contribution in [0.5, 0.6) is 0 Å². The molecule has 0 fully saturated rings. The first kappa shape index (κ1) is 16.9. The molecule has 0 saturated heterocycles. The van der Waals surface area contributed by atoms with Crippen LogP contribution < -0.4 is 10.9 Å². The van der Waals surface area contributed by atoms with Gasteiger partial charge in [-0.1, -0.05) is 35.2 Å². The van der Waals surface area contributed by atoms with Crippen LogP contribution in [0.3, 0.4) is 0 Å². The lowest BCUT2D eigenvalue weighted by atomic mass is 10.3. The molecule has 0 aliphatic heterocycles. The van der Waals surface area contributed by atoms with Crippen LogP contribution in [-0.2, 0) is 11.3 Å². The van der Waals surface area contributed by atoms with Crippen molar-refractivity contribution in [2.45, 2.75) is 15.8 Å². The van der Waals surface area contributed by atoms with Crippen molar-refractivity contribution in [1.29, 1.82) is 0 Å². The molecule has 3 aromatic rings. The zero-order valence-corrected chi connectivity index (χ0v) is 15.4. The van der Waals surface area contributed by atoms with Crippen LogP contribution in [0.15, 0.2) is 66.6 Å². The number of nitrogens with zero attached hydrogens (tertiary/aromatic N) is 3. The second-order valence-corrected chi connectivity index (χ2v) is 7.70. The molecule has 1 amide bonds. The minimum atomic E-state index is -0.277. The van der Waals surface area contributed by atoms with Crippen molar-refractivity contribution in [3.8, 4) is 0 Å². The second-order valence-electron chi connectivity index (χ2n) is 4.66. The number of amides is 1. The van der Waals surface area contributed by atoms with Gasteiger partial charge >= 0.3 is 0 Å². The minimum Gasteiger partial charge on any atom is -0.323 e. The van der Waals surface area contributed by atoms with Crippen LogP contribution in [0.1, 0.15) is 0 Å². The highest BCUT2D eigenvalue weighted by Gasteiger charge is 2.10. The average molecular weight is 423 g/mol. The van der Waals surface area contributed by atoms with E-state index in [-0.39, 0.29) is 18.0 Å². The number of carbonyl (C=O) groups excluding carboxylic acids is 1. The summed E-state index contributed by atoms with van der Waals surface area (Å²) >= 11 is 6.15. The van der Waals surface area contributed by atoms with E-state index in [1.54, 1.807) is 17.8 Å². The number of anilines is 1. The molecule has 0 saturated carbocycles. The maximum atomic E-state index is 12.3. The molecule has 0 atom stereocenters. The molecule has 122 valence electrons. The van der Waals surface area contributed by atoms with Crippen molar-refractivity contribution in [2.24, 2.45) is 0 Å². The number of para-hydroxylation sites is 1. The lowest BCUT2D eigenvalue weighted by Crippen LogP contribution is -2.26. The maximum Gasteiger partial charge on any atom is 0.251 e. The van der Waals surface area contributed by atoms with E-state index in [2.05, 4.69) is 31.4 Å². The van der Waals surface area contributed by atoms with Crippen molar-refractivity contribution in [3.63, 3.8) is 0 Å². The van der Waals surface area contributed by atoms with E-state index >= 15 is 0 Å². The molecule has 1 aromatic carbocycles.